The number of hydrogen-bond donors (Lipinski definition) is 2. The van der Waals surface area contributed by atoms with E-state index in [1.807, 2.05) is 48.5 Å². The van der Waals surface area contributed by atoms with Crippen molar-refractivity contribution in [2.45, 2.75) is 13.0 Å². The summed E-state index contributed by atoms with van der Waals surface area (Å²) >= 11 is 0. The minimum Gasteiger partial charge on any atom is -0.489 e. The number of nitrogens with zero attached hydrogens (tertiary/aromatic N) is 1. The van der Waals surface area contributed by atoms with E-state index in [1.54, 1.807) is 13.2 Å². The lowest BCUT2D eigenvalue weighted by Crippen LogP contribution is -2.38. The SMILES string of the molecule is COCCCNC(=O)C(=O)N/N=C/c1cccc(OCc2ccccc2)c1. The highest BCUT2D eigenvalue weighted by Crippen LogP contribution is 2.14. The molecule has 0 heterocycles. The molecule has 2 N–H and O–H groups in total. The Balaban J connectivity index is 1.79. The minimum absolute atomic E-state index is 0.366. The Bertz CT molecular complexity index is 763. The molecule has 2 aromatic carbocycles. The highest BCUT2D eigenvalue weighted by molar-refractivity contribution is 6.35. The maximum absolute atomic E-state index is 11.6. The van der Waals surface area contributed by atoms with Gasteiger partial charge in [0.15, 0.2) is 0 Å². The quantitative estimate of drug-likeness (QED) is 0.306. The van der Waals surface area contributed by atoms with Gasteiger partial charge in [0.05, 0.1) is 6.21 Å². The predicted molar refractivity (Wildman–Crippen MR) is 102 cm³/mol. The summed E-state index contributed by atoms with van der Waals surface area (Å²) in [5.41, 5.74) is 4.00. The Morgan fingerprint density at radius 3 is 2.67 bits per heavy atom. The van der Waals surface area contributed by atoms with Gasteiger partial charge in [-0.05, 0) is 29.7 Å². The fourth-order valence-corrected chi connectivity index (χ4v) is 2.14. The molecule has 0 saturated carbocycles. The smallest absolute Gasteiger partial charge is 0.329 e. The van der Waals surface area contributed by atoms with Gasteiger partial charge in [0.25, 0.3) is 0 Å². The Hall–Kier alpha value is -3.19. The van der Waals surface area contributed by atoms with Crippen LogP contribution in [0.5, 0.6) is 5.75 Å². The summed E-state index contributed by atoms with van der Waals surface area (Å²) in [4.78, 5) is 23.2. The molecule has 0 spiro atoms. The van der Waals surface area contributed by atoms with Gasteiger partial charge in [0, 0.05) is 20.3 Å². The lowest BCUT2D eigenvalue weighted by molar-refractivity contribution is -0.139. The van der Waals surface area contributed by atoms with Crippen LogP contribution < -0.4 is 15.5 Å². The first-order chi connectivity index (χ1) is 13.2. The summed E-state index contributed by atoms with van der Waals surface area (Å²) in [5.74, 6) is -0.867. The summed E-state index contributed by atoms with van der Waals surface area (Å²) in [7, 11) is 1.57. The van der Waals surface area contributed by atoms with Crippen LogP contribution >= 0.6 is 0 Å². The molecule has 7 nitrogen and oxygen atoms in total. The van der Waals surface area contributed by atoms with Crippen LogP contribution in [0.2, 0.25) is 0 Å². The van der Waals surface area contributed by atoms with E-state index in [9.17, 15) is 9.59 Å². The molecule has 0 fully saturated rings. The van der Waals surface area contributed by atoms with E-state index in [4.69, 9.17) is 9.47 Å². The molecular formula is C20H23N3O4. The monoisotopic (exact) mass is 369 g/mol. The third-order valence-corrected chi connectivity index (χ3v) is 3.50. The largest absolute Gasteiger partial charge is 0.489 e. The van der Waals surface area contributed by atoms with E-state index < -0.39 is 11.8 Å². The molecule has 27 heavy (non-hydrogen) atoms. The van der Waals surface area contributed by atoms with Crippen molar-refractivity contribution in [3.8, 4) is 5.75 Å². The Morgan fingerprint density at radius 2 is 1.89 bits per heavy atom. The average Bonchev–Trinajstić information content (AvgIpc) is 2.70. The van der Waals surface area contributed by atoms with Crippen LogP contribution in [-0.4, -0.2) is 38.3 Å². The Kier molecular flexibility index (Phi) is 8.52. The molecule has 2 aromatic rings. The topological polar surface area (TPSA) is 89.0 Å². The lowest BCUT2D eigenvalue weighted by atomic mass is 10.2. The molecule has 0 saturated heterocycles. The van der Waals surface area contributed by atoms with Crippen molar-refractivity contribution in [2.24, 2.45) is 5.10 Å². The summed E-state index contributed by atoms with van der Waals surface area (Å²) in [6.45, 7) is 1.34. The van der Waals surface area contributed by atoms with E-state index in [0.29, 0.717) is 31.9 Å². The van der Waals surface area contributed by atoms with Crippen LogP contribution in [0.4, 0.5) is 0 Å². The number of amides is 2. The van der Waals surface area contributed by atoms with Gasteiger partial charge < -0.3 is 14.8 Å². The minimum atomic E-state index is -0.819. The van der Waals surface area contributed by atoms with Gasteiger partial charge >= 0.3 is 11.8 Å². The molecule has 0 aliphatic rings. The van der Waals surface area contributed by atoms with Crippen LogP contribution in [0.3, 0.4) is 0 Å². The van der Waals surface area contributed by atoms with Crippen LogP contribution in [-0.2, 0) is 20.9 Å². The van der Waals surface area contributed by atoms with Gasteiger partial charge in [-0.1, -0.05) is 42.5 Å². The standard InChI is InChI=1S/C20H23N3O4/c1-26-12-6-11-21-19(24)20(25)23-22-14-17-9-5-10-18(13-17)27-15-16-7-3-2-4-8-16/h2-5,7-10,13-14H,6,11-12,15H2,1H3,(H,21,24)(H,23,25)/b22-14+. The number of benzene rings is 2. The number of methoxy groups -OCH3 is 1. The van der Waals surface area contributed by atoms with E-state index in [-0.39, 0.29) is 0 Å². The summed E-state index contributed by atoms with van der Waals surface area (Å²) in [6, 6.07) is 17.1. The van der Waals surface area contributed by atoms with Crippen molar-refractivity contribution in [3.05, 3.63) is 65.7 Å². The molecule has 2 rings (SSSR count). The summed E-state index contributed by atoms with van der Waals surface area (Å²) in [5, 5.41) is 6.28. The van der Waals surface area contributed by atoms with Crippen molar-refractivity contribution in [3.63, 3.8) is 0 Å². The molecule has 0 unspecified atom stereocenters. The third-order valence-electron chi connectivity index (χ3n) is 3.50. The zero-order valence-electron chi connectivity index (χ0n) is 15.2. The van der Waals surface area contributed by atoms with Crippen molar-refractivity contribution in [1.29, 1.82) is 0 Å². The average molecular weight is 369 g/mol. The fraction of sp³-hybridized carbons (Fsp3) is 0.250. The first-order valence-electron chi connectivity index (χ1n) is 8.56. The van der Waals surface area contributed by atoms with Crippen molar-refractivity contribution < 1.29 is 19.1 Å². The third kappa shape index (κ3) is 7.70. The maximum atomic E-state index is 11.6. The second-order valence-electron chi connectivity index (χ2n) is 5.65. The van der Waals surface area contributed by atoms with Crippen LogP contribution in [0.1, 0.15) is 17.5 Å². The van der Waals surface area contributed by atoms with Crippen molar-refractivity contribution >= 4 is 18.0 Å². The lowest BCUT2D eigenvalue weighted by Gasteiger charge is -2.06. The molecule has 0 aromatic heterocycles. The molecule has 0 aliphatic carbocycles. The van der Waals surface area contributed by atoms with Gasteiger partial charge in [-0.15, -0.1) is 0 Å². The molecule has 0 atom stereocenters. The highest BCUT2D eigenvalue weighted by Gasteiger charge is 2.11. The number of ether oxygens (including phenoxy) is 2. The first kappa shape index (κ1) is 20.1. The number of carbonyl (C=O) groups excluding carboxylic acids is 2. The number of carbonyl (C=O) groups is 2. The Morgan fingerprint density at radius 1 is 1.07 bits per heavy atom. The number of hydrazone groups is 1. The van der Waals surface area contributed by atoms with Crippen molar-refractivity contribution in [2.75, 3.05) is 20.3 Å². The van der Waals surface area contributed by atoms with Gasteiger partial charge in [0.1, 0.15) is 12.4 Å². The van der Waals surface area contributed by atoms with E-state index in [1.165, 1.54) is 6.21 Å². The number of nitrogens with one attached hydrogen (secondary N) is 2. The second-order valence-corrected chi connectivity index (χ2v) is 5.65. The summed E-state index contributed by atoms with van der Waals surface area (Å²) < 4.78 is 10.6. The molecule has 2 amide bonds. The normalized spacial score (nSPS) is 10.6. The van der Waals surface area contributed by atoms with Gasteiger partial charge in [-0.3, -0.25) is 9.59 Å². The summed E-state index contributed by atoms with van der Waals surface area (Å²) in [6.07, 6.45) is 2.08. The van der Waals surface area contributed by atoms with Crippen molar-refractivity contribution in [1.82, 2.24) is 10.7 Å². The number of hydrogen-bond acceptors (Lipinski definition) is 5. The highest BCUT2D eigenvalue weighted by atomic mass is 16.5. The Labute approximate surface area is 158 Å². The zero-order valence-corrected chi connectivity index (χ0v) is 15.2. The van der Waals surface area contributed by atoms with Crippen LogP contribution in [0.25, 0.3) is 0 Å². The van der Waals surface area contributed by atoms with Gasteiger partial charge in [-0.25, -0.2) is 5.43 Å². The van der Waals surface area contributed by atoms with Gasteiger partial charge in [-0.2, -0.15) is 5.10 Å². The molecule has 0 bridgehead atoms. The maximum Gasteiger partial charge on any atom is 0.329 e. The van der Waals surface area contributed by atoms with Crippen LogP contribution in [0.15, 0.2) is 59.7 Å². The zero-order chi connectivity index (χ0) is 19.3. The van der Waals surface area contributed by atoms with Crippen LogP contribution in [0, 0.1) is 0 Å². The predicted octanol–water partition coefficient (Wildman–Crippen LogP) is 1.87. The first-order valence-corrected chi connectivity index (χ1v) is 8.56. The molecular weight excluding hydrogens is 346 g/mol. The second kappa shape index (κ2) is 11.4. The van der Waals surface area contributed by atoms with E-state index in [0.717, 1.165) is 11.1 Å². The van der Waals surface area contributed by atoms with E-state index >= 15 is 0 Å². The molecule has 0 aliphatic heterocycles. The molecule has 7 heteroatoms. The van der Waals surface area contributed by atoms with E-state index in [2.05, 4.69) is 15.8 Å². The number of rotatable bonds is 9. The fourth-order valence-electron chi connectivity index (χ4n) is 2.14. The van der Waals surface area contributed by atoms with Gasteiger partial charge in [0.2, 0.25) is 0 Å². The molecule has 142 valence electrons. The molecule has 0 radical (unpaired) electrons.